The van der Waals surface area contributed by atoms with Gasteiger partial charge in [0.05, 0.1) is 11.5 Å². The minimum absolute atomic E-state index is 0. The van der Waals surface area contributed by atoms with Gasteiger partial charge in [-0.3, -0.25) is 4.79 Å². The Labute approximate surface area is 140 Å². The fourth-order valence-electron chi connectivity index (χ4n) is 2.88. The Morgan fingerprint density at radius 2 is 2.13 bits per heavy atom. The number of nitrogens with zero attached hydrogens (tertiary/aromatic N) is 1. The summed E-state index contributed by atoms with van der Waals surface area (Å²) in [6.07, 6.45) is -3.04. The van der Waals surface area contributed by atoms with Crippen LogP contribution < -0.4 is 5.32 Å². The Morgan fingerprint density at radius 1 is 1.43 bits per heavy atom. The lowest BCUT2D eigenvalue weighted by Gasteiger charge is -2.28. The molecule has 1 aromatic rings. The van der Waals surface area contributed by atoms with E-state index in [1.807, 2.05) is 6.92 Å². The van der Waals surface area contributed by atoms with Gasteiger partial charge < -0.3 is 10.2 Å². The van der Waals surface area contributed by atoms with Crippen molar-refractivity contribution in [2.24, 2.45) is 0 Å². The predicted octanol–water partition coefficient (Wildman–Crippen LogP) is 3.44. The molecular formula is C16H22ClF3N2O. The molecule has 1 fully saturated rings. The van der Waals surface area contributed by atoms with Crippen LogP contribution in [-0.4, -0.2) is 37.0 Å². The molecule has 130 valence electrons. The quantitative estimate of drug-likeness (QED) is 0.902. The molecule has 1 aromatic carbocycles. The van der Waals surface area contributed by atoms with Crippen molar-refractivity contribution >= 4 is 18.3 Å². The molecule has 0 aromatic heterocycles. The highest BCUT2D eigenvalue weighted by Crippen LogP contribution is 2.32. The van der Waals surface area contributed by atoms with Crippen LogP contribution in [0.2, 0.25) is 0 Å². The van der Waals surface area contributed by atoms with Crippen LogP contribution in [0.3, 0.4) is 0 Å². The maximum Gasteiger partial charge on any atom is 0.416 e. The maximum atomic E-state index is 12.8. The van der Waals surface area contributed by atoms with E-state index in [4.69, 9.17) is 0 Å². The predicted molar refractivity (Wildman–Crippen MR) is 85.8 cm³/mol. The SMILES string of the molecule is CCC(C(=O)N(C)C1CCNC1)c1cccc(C(F)(F)F)c1.Cl. The van der Waals surface area contributed by atoms with Gasteiger partial charge in [0.1, 0.15) is 0 Å². The van der Waals surface area contributed by atoms with E-state index in [1.165, 1.54) is 6.07 Å². The summed E-state index contributed by atoms with van der Waals surface area (Å²) < 4.78 is 38.5. The zero-order valence-corrected chi connectivity index (χ0v) is 14.0. The molecule has 0 spiro atoms. The number of carbonyl (C=O) groups excluding carboxylic acids is 1. The molecule has 1 amide bonds. The molecule has 0 bridgehead atoms. The van der Waals surface area contributed by atoms with Crippen molar-refractivity contribution in [2.75, 3.05) is 20.1 Å². The zero-order valence-electron chi connectivity index (χ0n) is 13.2. The maximum absolute atomic E-state index is 12.8. The van der Waals surface area contributed by atoms with Crippen molar-refractivity contribution in [1.29, 1.82) is 0 Å². The van der Waals surface area contributed by atoms with Crippen molar-refractivity contribution in [2.45, 2.75) is 37.9 Å². The lowest BCUT2D eigenvalue weighted by atomic mass is 9.93. The lowest BCUT2D eigenvalue weighted by molar-refractivity contribution is -0.138. The third kappa shape index (κ3) is 4.61. The van der Waals surface area contributed by atoms with E-state index in [0.29, 0.717) is 12.0 Å². The van der Waals surface area contributed by atoms with Gasteiger partial charge in [0.15, 0.2) is 0 Å². The Bertz CT molecular complexity index is 530. The van der Waals surface area contributed by atoms with Gasteiger partial charge in [-0.05, 0) is 31.0 Å². The van der Waals surface area contributed by atoms with E-state index in [9.17, 15) is 18.0 Å². The minimum atomic E-state index is -4.39. The number of alkyl halides is 3. The highest BCUT2D eigenvalue weighted by atomic mass is 35.5. The highest BCUT2D eigenvalue weighted by molar-refractivity contribution is 5.85. The van der Waals surface area contributed by atoms with Gasteiger partial charge in [-0.25, -0.2) is 0 Å². The largest absolute Gasteiger partial charge is 0.416 e. The zero-order chi connectivity index (χ0) is 16.3. The van der Waals surface area contributed by atoms with Gasteiger partial charge in [-0.1, -0.05) is 25.1 Å². The van der Waals surface area contributed by atoms with Gasteiger partial charge in [0.25, 0.3) is 0 Å². The van der Waals surface area contributed by atoms with Crippen LogP contribution >= 0.6 is 12.4 Å². The molecule has 2 atom stereocenters. The van der Waals surface area contributed by atoms with E-state index in [-0.39, 0.29) is 24.4 Å². The van der Waals surface area contributed by atoms with Crippen molar-refractivity contribution in [1.82, 2.24) is 10.2 Å². The van der Waals surface area contributed by atoms with E-state index in [0.717, 1.165) is 31.6 Å². The first-order valence-corrected chi connectivity index (χ1v) is 7.49. The average molecular weight is 351 g/mol. The number of carbonyl (C=O) groups is 1. The molecule has 2 rings (SSSR count). The van der Waals surface area contributed by atoms with Crippen LogP contribution in [0, 0.1) is 0 Å². The van der Waals surface area contributed by atoms with Crippen LogP contribution in [0.1, 0.15) is 36.8 Å². The second kappa shape index (κ2) is 8.02. The number of rotatable bonds is 4. The number of halogens is 4. The summed E-state index contributed by atoms with van der Waals surface area (Å²) in [6.45, 7) is 3.42. The molecule has 1 aliphatic rings. The molecule has 2 unspecified atom stereocenters. The normalized spacial score (nSPS) is 19.1. The second-order valence-corrected chi connectivity index (χ2v) is 5.68. The summed E-state index contributed by atoms with van der Waals surface area (Å²) in [4.78, 5) is 14.3. The molecule has 0 saturated carbocycles. The highest BCUT2D eigenvalue weighted by Gasteiger charge is 2.33. The standard InChI is InChI=1S/C16H21F3N2O.ClH/c1-3-14(15(22)21(2)13-7-8-20-10-13)11-5-4-6-12(9-11)16(17,18)19;/h4-6,9,13-14,20H,3,7-8,10H2,1-2H3;1H. The van der Waals surface area contributed by atoms with Gasteiger partial charge in [0.2, 0.25) is 5.91 Å². The molecule has 0 radical (unpaired) electrons. The van der Waals surface area contributed by atoms with Gasteiger partial charge in [-0.2, -0.15) is 13.2 Å². The first-order valence-electron chi connectivity index (χ1n) is 7.49. The van der Waals surface area contributed by atoms with Gasteiger partial charge in [-0.15, -0.1) is 12.4 Å². The van der Waals surface area contributed by atoms with E-state index < -0.39 is 17.7 Å². The molecule has 1 heterocycles. The number of benzene rings is 1. The lowest BCUT2D eigenvalue weighted by Crippen LogP contribution is -2.41. The third-order valence-electron chi connectivity index (χ3n) is 4.25. The van der Waals surface area contributed by atoms with E-state index >= 15 is 0 Å². The minimum Gasteiger partial charge on any atom is -0.341 e. The number of hydrogen-bond acceptors (Lipinski definition) is 2. The van der Waals surface area contributed by atoms with Crippen LogP contribution in [0.15, 0.2) is 24.3 Å². The summed E-state index contributed by atoms with van der Waals surface area (Å²) in [6, 6.07) is 5.21. The Balaban J connectivity index is 0.00000264. The number of nitrogens with one attached hydrogen (secondary N) is 1. The number of likely N-dealkylation sites (N-methyl/N-ethyl adjacent to an activating group) is 1. The molecule has 23 heavy (non-hydrogen) atoms. The first kappa shape index (κ1) is 19.8. The molecule has 1 saturated heterocycles. The van der Waals surface area contributed by atoms with Crippen LogP contribution in [0.4, 0.5) is 13.2 Å². The van der Waals surface area contributed by atoms with E-state index in [2.05, 4.69) is 5.32 Å². The van der Waals surface area contributed by atoms with Crippen molar-refractivity contribution in [3.63, 3.8) is 0 Å². The smallest absolute Gasteiger partial charge is 0.341 e. The van der Waals surface area contributed by atoms with Crippen LogP contribution in [0.25, 0.3) is 0 Å². The Kier molecular flexibility index (Phi) is 6.89. The molecule has 7 heteroatoms. The molecular weight excluding hydrogens is 329 g/mol. The fourth-order valence-corrected chi connectivity index (χ4v) is 2.88. The third-order valence-corrected chi connectivity index (χ3v) is 4.25. The van der Waals surface area contributed by atoms with Crippen molar-refractivity contribution in [3.8, 4) is 0 Å². The molecule has 1 N–H and O–H groups in total. The Hall–Kier alpha value is -1.27. The average Bonchev–Trinajstić information content (AvgIpc) is 3.00. The molecule has 0 aliphatic carbocycles. The summed E-state index contributed by atoms with van der Waals surface area (Å²) >= 11 is 0. The molecule has 3 nitrogen and oxygen atoms in total. The number of hydrogen-bond donors (Lipinski definition) is 1. The molecule has 1 aliphatic heterocycles. The van der Waals surface area contributed by atoms with Gasteiger partial charge in [0, 0.05) is 19.6 Å². The topological polar surface area (TPSA) is 32.3 Å². The summed E-state index contributed by atoms with van der Waals surface area (Å²) in [7, 11) is 1.73. The van der Waals surface area contributed by atoms with E-state index in [1.54, 1.807) is 18.0 Å². The number of amides is 1. The van der Waals surface area contributed by atoms with Crippen LogP contribution in [0.5, 0.6) is 0 Å². The summed E-state index contributed by atoms with van der Waals surface area (Å²) in [5.41, 5.74) is -0.276. The van der Waals surface area contributed by atoms with Crippen molar-refractivity contribution < 1.29 is 18.0 Å². The van der Waals surface area contributed by atoms with Crippen LogP contribution in [-0.2, 0) is 11.0 Å². The van der Waals surface area contributed by atoms with Gasteiger partial charge >= 0.3 is 6.18 Å². The second-order valence-electron chi connectivity index (χ2n) is 5.68. The van der Waals surface area contributed by atoms with Crippen molar-refractivity contribution in [3.05, 3.63) is 35.4 Å². The first-order chi connectivity index (χ1) is 10.3. The summed E-state index contributed by atoms with van der Waals surface area (Å²) in [5.74, 6) is -0.650. The summed E-state index contributed by atoms with van der Waals surface area (Å²) in [5, 5.41) is 3.19. The fraction of sp³-hybridized carbons (Fsp3) is 0.562. The monoisotopic (exact) mass is 350 g/mol. The Morgan fingerprint density at radius 3 is 2.65 bits per heavy atom.